The van der Waals surface area contributed by atoms with Crippen LogP contribution in [-0.2, 0) is 10.2 Å². The highest BCUT2D eigenvalue weighted by atomic mass is 16.5. The summed E-state index contributed by atoms with van der Waals surface area (Å²) in [5, 5.41) is 32.2. The number of aliphatic hydroxyl groups excluding tert-OH is 1. The minimum atomic E-state index is -0.657. The number of fused-ring (bicyclic) bond motifs is 1. The third-order valence-corrected chi connectivity index (χ3v) is 5.80. The van der Waals surface area contributed by atoms with Gasteiger partial charge in [-0.2, -0.15) is 10.5 Å². The number of nitrogens with one attached hydrogen (secondary N) is 1. The van der Waals surface area contributed by atoms with Crippen LogP contribution >= 0.6 is 0 Å². The molecule has 1 atom stereocenters. The van der Waals surface area contributed by atoms with E-state index >= 15 is 0 Å². The number of methoxy groups -OCH3 is 1. The summed E-state index contributed by atoms with van der Waals surface area (Å²) in [6.45, 7) is 2.11. The van der Waals surface area contributed by atoms with Gasteiger partial charge in [-0.15, -0.1) is 0 Å². The van der Waals surface area contributed by atoms with Gasteiger partial charge < -0.3 is 24.8 Å². The van der Waals surface area contributed by atoms with Crippen LogP contribution in [0.2, 0.25) is 0 Å². The molecule has 0 bridgehead atoms. The number of aliphatic hydroxyl groups is 1. The van der Waals surface area contributed by atoms with Gasteiger partial charge in [0, 0.05) is 29.4 Å². The molecule has 0 amide bonds. The molecule has 167 valence electrons. The first kappa shape index (κ1) is 22.8. The Balaban J connectivity index is 1.77. The van der Waals surface area contributed by atoms with E-state index in [0.717, 1.165) is 5.56 Å². The first-order chi connectivity index (χ1) is 16.5. The Labute approximate surface area is 197 Å². The molecule has 0 spiro atoms. The normalized spacial score (nSPS) is 16.2. The van der Waals surface area contributed by atoms with Crippen LogP contribution in [0.5, 0.6) is 5.75 Å². The van der Waals surface area contributed by atoms with Gasteiger partial charge in [0.15, 0.2) is 0 Å². The molecule has 0 fully saturated rings. The Morgan fingerprint density at radius 2 is 2.12 bits per heavy atom. The highest BCUT2D eigenvalue weighted by molar-refractivity contribution is 6.70. The van der Waals surface area contributed by atoms with Crippen molar-refractivity contribution in [2.24, 2.45) is 0 Å². The Morgan fingerprint density at radius 1 is 1.29 bits per heavy atom. The maximum Gasteiger partial charge on any atom is 0.329 e. The predicted molar refractivity (Wildman–Crippen MR) is 127 cm³/mol. The van der Waals surface area contributed by atoms with Crippen LogP contribution < -0.4 is 14.9 Å². The molecule has 9 nitrogen and oxygen atoms in total. The molecule has 0 aliphatic carbocycles. The van der Waals surface area contributed by atoms with Gasteiger partial charge in [-0.05, 0) is 42.0 Å². The van der Waals surface area contributed by atoms with E-state index in [4.69, 9.17) is 4.74 Å². The number of carbonyl (C=O) groups is 1. The zero-order valence-electron chi connectivity index (χ0n) is 18.6. The predicted octanol–water partition coefficient (Wildman–Crippen LogP) is 2.52. The van der Waals surface area contributed by atoms with Crippen LogP contribution in [0.15, 0.2) is 42.6 Å². The van der Waals surface area contributed by atoms with Crippen molar-refractivity contribution in [1.82, 2.24) is 9.97 Å². The molecule has 2 aromatic carbocycles. The molecule has 1 aliphatic heterocycles. The number of hydrogen-bond acceptors (Lipinski definition) is 9. The number of rotatable bonds is 7. The van der Waals surface area contributed by atoms with E-state index < -0.39 is 5.41 Å². The molecule has 1 unspecified atom stereocenters. The lowest BCUT2D eigenvalue weighted by atomic mass is 9.83. The van der Waals surface area contributed by atoms with Crippen LogP contribution in [0.4, 0.5) is 17.3 Å². The fourth-order valence-corrected chi connectivity index (χ4v) is 4.09. The largest absolute Gasteiger partial charge is 0.495 e. The lowest BCUT2D eigenvalue weighted by Crippen LogP contribution is -2.36. The first-order valence-corrected chi connectivity index (χ1v) is 10.4. The summed E-state index contributed by atoms with van der Waals surface area (Å²) in [5.74, 6) is 0.813. The van der Waals surface area contributed by atoms with Crippen molar-refractivity contribution < 1.29 is 14.6 Å². The third kappa shape index (κ3) is 4.03. The Bertz CT molecular complexity index is 1350. The summed E-state index contributed by atoms with van der Waals surface area (Å²) < 4.78 is 5.36. The Hall–Kier alpha value is -4.41. The van der Waals surface area contributed by atoms with Gasteiger partial charge in [0.1, 0.15) is 18.0 Å². The molecule has 10 heteroatoms. The van der Waals surface area contributed by atoms with Gasteiger partial charge in [0.2, 0.25) is 5.95 Å². The zero-order chi connectivity index (χ0) is 24.3. The van der Waals surface area contributed by atoms with E-state index in [1.165, 1.54) is 14.5 Å². The number of nitriles is 2. The summed E-state index contributed by atoms with van der Waals surface area (Å²) in [5.41, 5.74) is 3.32. The molecular formula is C24H20BN6O3. The molecule has 3 aromatic rings. The topological polar surface area (TPSA) is 135 Å². The average molecular weight is 451 g/mol. The van der Waals surface area contributed by atoms with E-state index in [0.29, 0.717) is 52.2 Å². The maximum absolute atomic E-state index is 11.1. The van der Waals surface area contributed by atoms with Gasteiger partial charge in [-0.3, -0.25) is 0 Å². The summed E-state index contributed by atoms with van der Waals surface area (Å²) in [7, 11) is 2.90. The quantitative estimate of drug-likeness (QED) is 0.410. The molecule has 2 heterocycles. The van der Waals surface area contributed by atoms with Crippen LogP contribution in [0.1, 0.15) is 23.6 Å². The fourth-order valence-electron chi connectivity index (χ4n) is 4.09. The molecular weight excluding hydrogens is 431 g/mol. The molecule has 4 rings (SSSR count). The van der Waals surface area contributed by atoms with Crippen molar-refractivity contribution in [3.8, 4) is 29.1 Å². The Morgan fingerprint density at radius 3 is 2.79 bits per heavy atom. The number of nitrogens with zero attached hydrogens (tertiary/aromatic N) is 5. The number of aromatic nitrogens is 2. The van der Waals surface area contributed by atoms with E-state index in [1.807, 2.05) is 13.0 Å². The maximum atomic E-state index is 11.1. The van der Waals surface area contributed by atoms with E-state index in [9.17, 15) is 20.4 Å². The molecule has 34 heavy (non-hydrogen) atoms. The van der Waals surface area contributed by atoms with Gasteiger partial charge >= 0.3 is 7.41 Å². The molecule has 0 saturated heterocycles. The van der Waals surface area contributed by atoms with Gasteiger partial charge in [0.05, 0.1) is 42.3 Å². The second-order valence-electron chi connectivity index (χ2n) is 8.08. The van der Waals surface area contributed by atoms with Crippen LogP contribution in [0, 0.1) is 22.7 Å². The number of ether oxygens (including phenoxy) is 1. The molecule has 2 N–H and O–H groups in total. The van der Waals surface area contributed by atoms with Crippen molar-refractivity contribution in [2.75, 3.05) is 30.4 Å². The summed E-state index contributed by atoms with van der Waals surface area (Å²) >= 11 is 0. The number of carbonyl (C=O) groups excluding carboxylic acids is 1. The summed E-state index contributed by atoms with van der Waals surface area (Å²) in [6, 6.07) is 14.6. The van der Waals surface area contributed by atoms with E-state index in [-0.39, 0.29) is 12.6 Å². The average Bonchev–Trinajstić information content (AvgIpc) is 3.16. The monoisotopic (exact) mass is 451 g/mol. The van der Waals surface area contributed by atoms with E-state index in [1.54, 1.807) is 41.3 Å². The molecule has 1 radical (unpaired) electrons. The smallest absolute Gasteiger partial charge is 0.329 e. The number of hydrogen-bond donors (Lipinski definition) is 2. The summed E-state index contributed by atoms with van der Waals surface area (Å²) in [6.07, 6.45) is 2.25. The minimum absolute atomic E-state index is 0.150. The zero-order valence-corrected chi connectivity index (χ0v) is 18.6. The van der Waals surface area contributed by atoms with Crippen molar-refractivity contribution in [2.45, 2.75) is 12.3 Å². The Kier molecular flexibility index (Phi) is 6.18. The minimum Gasteiger partial charge on any atom is -0.495 e. The van der Waals surface area contributed by atoms with Gasteiger partial charge in [0.25, 0.3) is 0 Å². The summed E-state index contributed by atoms with van der Waals surface area (Å²) in [4.78, 5) is 21.7. The lowest BCUT2D eigenvalue weighted by Gasteiger charge is -2.23. The second kappa shape index (κ2) is 9.22. The molecule has 0 saturated carbocycles. The van der Waals surface area contributed by atoms with Crippen LogP contribution in [0.3, 0.4) is 0 Å². The van der Waals surface area contributed by atoms with Crippen molar-refractivity contribution in [3.05, 3.63) is 59.3 Å². The highest BCUT2D eigenvalue weighted by Crippen LogP contribution is 2.44. The highest BCUT2D eigenvalue weighted by Gasteiger charge is 2.40. The standard InChI is InChI=1S/C24H20BN6O3/c1-24(13-32)12-31(25-14-33)22-17(11-27)8-16(9-18(22)24)19-5-6-28-23(29-19)30-20-7-15(10-26)3-4-21(20)34-2/h3-9,14,32H,12-13H2,1-2H3,(H,28,29,30). The fraction of sp³-hybridized carbons (Fsp3) is 0.208. The van der Waals surface area contributed by atoms with Gasteiger partial charge in [-0.1, -0.05) is 6.92 Å². The number of benzene rings is 2. The van der Waals surface area contributed by atoms with Crippen molar-refractivity contribution in [3.63, 3.8) is 0 Å². The van der Waals surface area contributed by atoms with E-state index in [2.05, 4.69) is 27.4 Å². The third-order valence-electron chi connectivity index (χ3n) is 5.80. The van der Waals surface area contributed by atoms with Crippen LogP contribution in [0.25, 0.3) is 11.3 Å². The first-order valence-electron chi connectivity index (χ1n) is 10.4. The number of anilines is 3. The lowest BCUT2D eigenvalue weighted by molar-refractivity contribution is 0.217. The van der Waals surface area contributed by atoms with Crippen molar-refractivity contribution >= 4 is 30.9 Å². The molecule has 1 aliphatic rings. The second-order valence-corrected chi connectivity index (χ2v) is 8.08. The SMILES string of the molecule is COc1ccc(C#N)cc1Nc1nccc(-c2cc(C#N)c3c(c2)C(C)(CO)CN3[B]C=O)n1. The van der Waals surface area contributed by atoms with Gasteiger partial charge in [-0.25, -0.2) is 9.97 Å². The molecule has 1 aromatic heterocycles. The van der Waals surface area contributed by atoms with Crippen LogP contribution in [-0.4, -0.2) is 48.9 Å². The van der Waals surface area contributed by atoms with Crippen molar-refractivity contribution in [1.29, 1.82) is 10.5 Å².